The average molecular weight is 388 g/mol. The van der Waals surface area contributed by atoms with Crippen LogP contribution in [0.5, 0.6) is 0 Å². The molecule has 0 saturated heterocycles. The van der Waals surface area contributed by atoms with Crippen molar-refractivity contribution in [1.82, 2.24) is 0 Å². The van der Waals surface area contributed by atoms with E-state index in [1.807, 2.05) is 0 Å². The average Bonchev–Trinajstić information content (AvgIpc) is 3.22. The first-order valence-electron chi connectivity index (χ1n) is 8.70. The topological polar surface area (TPSA) is 127 Å². The zero-order valence-corrected chi connectivity index (χ0v) is 15.1. The molecule has 8 heteroatoms. The van der Waals surface area contributed by atoms with E-state index in [0.29, 0.717) is 22.5 Å². The Morgan fingerprint density at radius 3 is 1.07 bits per heavy atom. The second kappa shape index (κ2) is 6.62. The van der Waals surface area contributed by atoms with Gasteiger partial charge in [0.2, 0.25) is 0 Å². The summed E-state index contributed by atoms with van der Waals surface area (Å²) in [4.78, 5) is 49.2. The highest BCUT2D eigenvalue weighted by Crippen LogP contribution is 2.28. The molecule has 2 aliphatic heterocycles. The molecule has 0 fully saturated rings. The van der Waals surface area contributed by atoms with E-state index in [1.165, 1.54) is 24.3 Å². The molecular formula is C21H16N4O4. The first-order chi connectivity index (χ1) is 13.8. The van der Waals surface area contributed by atoms with Gasteiger partial charge in [-0.25, -0.2) is 9.80 Å². The predicted molar refractivity (Wildman–Crippen MR) is 105 cm³/mol. The van der Waals surface area contributed by atoms with Crippen molar-refractivity contribution in [2.24, 2.45) is 11.5 Å². The number of amides is 4. The lowest BCUT2D eigenvalue weighted by molar-refractivity contribution is -0.121. The monoisotopic (exact) mass is 388 g/mol. The Balaban J connectivity index is 1.58. The van der Waals surface area contributed by atoms with Crippen molar-refractivity contribution < 1.29 is 19.2 Å². The quantitative estimate of drug-likeness (QED) is 0.585. The van der Waals surface area contributed by atoms with E-state index >= 15 is 0 Å². The number of imide groups is 2. The second-order valence-electron chi connectivity index (χ2n) is 6.65. The fourth-order valence-electron chi connectivity index (χ4n) is 3.25. The highest BCUT2D eigenvalue weighted by molar-refractivity contribution is 6.28. The van der Waals surface area contributed by atoms with Gasteiger partial charge in [-0.1, -0.05) is 24.3 Å². The molecule has 0 unspecified atom stereocenters. The third kappa shape index (κ3) is 3.06. The molecule has 2 aromatic rings. The maximum Gasteiger partial charge on any atom is 0.258 e. The van der Waals surface area contributed by atoms with E-state index in [4.69, 9.17) is 11.5 Å². The summed E-state index contributed by atoms with van der Waals surface area (Å²) in [6.45, 7) is 0. The van der Waals surface area contributed by atoms with Gasteiger partial charge in [-0.2, -0.15) is 0 Å². The molecule has 2 heterocycles. The minimum Gasteiger partial charge on any atom is -0.306 e. The third-order valence-electron chi connectivity index (χ3n) is 4.82. The number of rotatable bonds is 4. The van der Waals surface area contributed by atoms with Crippen molar-refractivity contribution in [3.8, 4) is 0 Å². The molecule has 0 atom stereocenters. The van der Waals surface area contributed by atoms with Gasteiger partial charge in [-0.05, 0) is 35.4 Å². The van der Waals surface area contributed by atoms with Crippen molar-refractivity contribution >= 4 is 35.0 Å². The standard InChI is InChI=1S/C21H16N4O4/c22-21(23,13-1-5-15(6-2-13)24-17(26)9-10-18(24)27)14-3-7-16(8-4-14)25-19(28)11-12-20(25)29/h1-12H,22-23H2. The highest BCUT2D eigenvalue weighted by atomic mass is 16.2. The molecule has 4 N–H and O–H groups in total. The molecule has 0 spiro atoms. The van der Waals surface area contributed by atoms with E-state index in [-0.39, 0.29) is 0 Å². The Morgan fingerprint density at radius 2 is 0.793 bits per heavy atom. The number of benzene rings is 2. The summed E-state index contributed by atoms with van der Waals surface area (Å²) in [5.74, 6) is -1.65. The zero-order chi connectivity index (χ0) is 20.8. The Hall–Kier alpha value is -3.88. The van der Waals surface area contributed by atoms with Gasteiger partial charge in [0.15, 0.2) is 0 Å². The molecule has 8 nitrogen and oxygen atoms in total. The molecule has 2 aromatic carbocycles. The van der Waals surface area contributed by atoms with Crippen LogP contribution in [0.25, 0.3) is 0 Å². The molecule has 4 amide bonds. The molecule has 29 heavy (non-hydrogen) atoms. The van der Waals surface area contributed by atoms with Crippen LogP contribution >= 0.6 is 0 Å². The van der Waals surface area contributed by atoms with Crippen LogP contribution in [0.3, 0.4) is 0 Å². The van der Waals surface area contributed by atoms with Crippen LogP contribution < -0.4 is 21.3 Å². The van der Waals surface area contributed by atoms with Crippen LogP contribution in [0.2, 0.25) is 0 Å². The lowest BCUT2D eigenvalue weighted by Crippen LogP contribution is -2.47. The summed E-state index contributed by atoms with van der Waals surface area (Å²) >= 11 is 0. The second-order valence-corrected chi connectivity index (χ2v) is 6.65. The first-order valence-corrected chi connectivity index (χ1v) is 8.70. The van der Waals surface area contributed by atoms with Crippen molar-refractivity contribution in [3.05, 3.63) is 84.0 Å². The van der Waals surface area contributed by atoms with Crippen LogP contribution in [0.4, 0.5) is 11.4 Å². The van der Waals surface area contributed by atoms with Gasteiger partial charge in [0.1, 0.15) is 5.66 Å². The van der Waals surface area contributed by atoms with Crippen molar-refractivity contribution in [2.45, 2.75) is 5.66 Å². The number of nitrogens with zero attached hydrogens (tertiary/aromatic N) is 2. The maximum absolute atomic E-state index is 11.8. The minimum atomic E-state index is -1.37. The van der Waals surface area contributed by atoms with E-state index < -0.39 is 29.3 Å². The van der Waals surface area contributed by atoms with Gasteiger partial charge >= 0.3 is 0 Å². The summed E-state index contributed by atoms with van der Waals surface area (Å²) in [6.07, 6.45) is 4.83. The molecule has 0 aliphatic carbocycles. The Bertz CT molecular complexity index is 975. The van der Waals surface area contributed by atoms with Crippen LogP contribution in [0.15, 0.2) is 72.8 Å². The van der Waals surface area contributed by atoms with Gasteiger partial charge in [0, 0.05) is 24.3 Å². The van der Waals surface area contributed by atoms with Gasteiger partial charge in [-0.15, -0.1) is 0 Å². The van der Waals surface area contributed by atoms with Gasteiger partial charge in [0.25, 0.3) is 23.6 Å². The smallest absolute Gasteiger partial charge is 0.258 e. The summed E-state index contributed by atoms with van der Waals surface area (Å²) in [5, 5.41) is 0. The largest absolute Gasteiger partial charge is 0.306 e. The maximum atomic E-state index is 11.8. The number of hydrogen-bond donors (Lipinski definition) is 2. The number of nitrogens with two attached hydrogens (primary N) is 2. The molecule has 144 valence electrons. The van der Waals surface area contributed by atoms with Crippen molar-refractivity contribution in [3.63, 3.8) is 0 Å². The molecule has 0 bridgehead atoms. The normalized spacial score (nSPS) is 16.5. The highest BCUT2D eigenvalue weighted by Gasteiger charge is 2.29. The molecular weight excluding hydrogens is 372 g/mol. The minimum absolute atomic E-state index is 0.411. The number of hydrogen-bond acceptors (Lipinski definition) is 6. The van der Waals surface area contributed by atoms with Gasteiger partial charge in [-0.3, -0.25) is 19.2 Å². The van der Waals surface area contributed by atoms with Crippen molar-refractivity contribution in [2.75, 3.05) is 9.80 Å². The number of carbonyl (C=O) groups excluding carboxylic acids is 4. The van der Waals surface area contributed by atoms with E-state index in [2.05, 4.69) is 0 Å². The van der Waals surface area contributed by atoms with Gasteiger partial charge in [0.05, 0.1) is 11.4 Å². The summed E-state index contributed by atoms with van der Waals surface area (Å²) in [7, 11) is 0. The van der Waals surface area contributed by atoms with Crippen LogP contribution in [0, 0.1) is 0 Å². The Labute approximate surface area is 165 Å². The van der Waals surface area contributed by atoms with E-state index in [1.54, 1.807) is 48.5 Å². The fraction of sp³-hybridized carbons (Fsp3) is 0.0476. The Kier molecular flexibility index (Phi) is 4.22. The van der Waals surface area contributed by atoms with Crippen LogP contribution in [-0.2, 0) is 24.8 Å². The van der Waals surface area contributed by atoms with Crippen molar-refractivity contribution in [1.29, 1.82) is 0 Å². The summed E-state index contributed by atoms with van der Waals surface area (Å²) in [6, 6.07) is 12.9. The Morgan fingerprint density at radius 1 is 0.517 bits per heavy atom. The molecule has 0 radical (unpaired) electrons. The van der Waals surface area contributed by atoms with E-state index in [9.17, 15) is 19.2 Å². The lowest BCUT2D eigenvalue weighted by Gasteiger charge is -2.27. The predicted octanol–water partition coefficient (Wildman–Crippen LogP) is 0.664. The summed E-state index contributed by atoms with van der Waals surface area (Å²) in [5.41, 5.74) is 13.2. The summed E-state index contributed by atoms with van der Waals surface area (Å²) < 4.78 is 0. The molecule has 2 aliphatic rings. The molecule has 0 saturated carbocycles. The lowest BCUT2D eigenvalue weighted by atomic mass is 9.92. The molecule has 4 rings (SSSR count). The third-order valence-corrected chi connectivity index (χ3v) is 4.82. The van der Waals surface area contributed by atoms with Gasteiger partial charge < -0.3 is 11.5 Å². The number of carbonyl (C=O) groups is 4. The fourth-order valence-corrected chi connectivity index (χ4v) is 3.25. The zero-order valence-electron chi connectivity index (χ0n) is 15.1. The first kappa shape index (κ1) is 18.5. The SMILES string of the molecule is NC(N)(c1ccc(N2C(=O)C=CC2=O)cc1)c1ccc(N2C(=O)C=CC2=O)cc1. The molecule has 0 aromatic heterocycles. The van der Waals surface area contributed by atoms with E-state index in [0.717, 1.165) is 9.80 Å². The van der Waals surface area contributed by atoms with Crippen LogP contribution in [-0.4, -0.2) is 23.6 Å². The number of anilines is 2. The van der Waals surface area contributed by atoms with Crippen LogP contribution in [0.1, 0.15) is 11.1 Å².